The van der Waals surface area contributed by atoms with Crippen LogP contribution in [0.15, 0.2) is 40.9 Å². The normalized spacial score (nSPS) is 12.2. The first-order chi connectivity index (χ1) is 9.51. The van der Waals surface area contributed by atoms with Crippen molar-refractivity contribution in [1.82, 2.24) is 5.32 Å². The van der Waals surface area contributed by atoms with Gasteiger partial charge in [0.25, 0.3) is 0 Å². The van der Waals surface area contributed by atoms with Gasteiger partial charge in [0.05, 0.1) is 0 Å². The van der Waals surface area contributed by atoms with Gasteiger partial charge in [0.1, 0.15) is 17.3 Å². The van der Waals surface area contributed by atoms with E-state index in [1.54, 1.807) is 19.1 Å². The zero-order valence-electron chi connectivity index (χ0n) is 11.7. The van der Waals surface area contributed by atoms with Gasteiger partial charge in [-0.15, -0.1) is 0 Å². The van der Waals surface area contributed by atoms with E-state index >= 15 is 0 Å². The highest BCUT2D eigenvalue weighted by Gasteiger charge is 2.09. The maximum absolute atomic E-state index is 13.5. The van der Waals surface area contributed by atoms with Crippen molar-refractivity contribution in [2.45, 2.75) is 19.9 Å². The second-order valence-electron chi connectivity index (χ2n) is 4.71. The van der Waals surface area contributed by atoms with Crippen LogP contribution in [-0.4, -0.2) is 7.05 Å². The number of rotatable bonds is 4. The summed E-state index contributed by atoms with van der Waals surface area (Å²) in [4.78, 5) is 0. The number of aryl methyl sites for hydroxylation is 1. The molecule has 4 heteroatoms. The first kappa shape index (κ1) is 15.0. The van der Waals surface area contributed by atoms with E-state index in [0.29, 0.717) is 17.1 Å². The molecule has 0 aliphatic rings. The number of nitrogens with one attached hydrogen (secondary N) is 1. The molecular formula is C16H17BrFNO. The summed E-state index contributed by atoms with van der Waals surface area (Å²) in [6, 6.07) is 10.9. The Morgan fingerprint density at radius 1 is 1.15 bits per heavy atom. The van der Waals surface area contributed by atoms with Gasteiger partial charge in [-0.25, -0.2) is 4.39 Å². The van der Waals surface area contributed by atoms with Crippen LogP contribution in [0.2, 0.25) is 0 Å². The van der Waals surface area contributed by atoms with Crippen molar-refractivity contribution in [3.05, 3.63) is 57.8 Å². The van der Waals surface area contributed by atoms with Gasteiger partial charge in [0, 0.05) is 16.6 Å². The van der Waals surface area contributed by atoms with Crippen LogP contribution in [0.25, 0.3) is 0 Å². The standard InChI is InChI=1S/C16H17BrFNO/c1-10-4-5-13(9-16(10)18)20-12-6-7-14(11(2)19-3)15(17)8-12/h4-9,11,19H,1-3H3. The average molecular weight is 338 g/mol. The minimum absolute atomic E-state index is 0.246. The van der Waals surface area contributed by atoms with Crippen molar-refractivity contribution in [2.24, 2.45) is 0 Å². The number of hydrogen-bond acceptors (Lipinski definition) is 2. The van der Waals surface area contributed by atoms with Crippen molar-refractivity contribution in [3.8, 4) is 11.5 Å². The third-order valence-corrected chi connectivity index (χ3v) is 3.94. The van der Waals surface area contributed by atoms with E-state index in [1.165, 1.54) is 6.07 Å². The van der Waals surface area contributed by atoms with Crippen molar-refractivity contribution in [2.75, 3.05) is 7.05 Å². The number of benzene rings is 2. The van der Waals surface area contributed by atoms with Gasteiger partial charge < -0.3 is 10.1 Å². The summed E-state index contributed by atoms with van der Waals surface area (Å²) < 4.78 is 20.1. The van der Waals surface area contributed by atoms with E-state index in [9.17, 15) is 4.39 Å². The molecule has 2 rings (SSSR count). The molecule has 2 aromatic carbocycles. The number of halogens is 2. The second kappa shape index (κ2) is 6.37. The maximum Gasteiger partial charge on any atom is 0.130 e. The number of hydrogen-bond donors (Lipinski definition) is 1. The highest BCUT2D eigenvalue weighted by Crippen LogP contribution is 2.30. The first-order valence-corrected chi connectivity index (χ1v) is 7.21. The topological polar surface area (TPSA) is 21.3 Å². The second-order valence-corrected chi connectivity index (χ2v) is 5.56. The van der Waals surface area contributed by atoms with Crippen molar-refractivity contribution in [1.29, 1.82) is 0 Å². The summed E-state index contributed by atoms with van der Waals surface area (Å²) in [6.45, 7) is 3.81. The van der Waals surface area contributed by atoms with Crippen LogP contribution < -0.4 is 10.1 Å². The molecule has 0 amide bonds. The summed E-state index contributed by atoms with van der Waals surface area (Å²) in [5.41, 5.74) is 1.76. The highest BCUT2D eigenvalue weighted by atomic mass is 79.9. The van der Waals surface area contributed by atoms with E-state index in [2.05, 4.69) is 28.2 Å². The Hall–Kier alpha value is -1.39. The minimum Gasteiger partial charge on any atom is -0.457 e. The average Bonchev–Trinajstić information content (AvgIpc) is 2.42. The molecule has 0 fully saturated rings. The molecule has 1 N–H and O–H groups in total. The molecule has 2 aromatic rings. The van der Waals surface area contributed by atoms with Crippen molar-refractivity contribution < 1.29 is 9.13 Å². The summed E-state index contributed by atoms with van der Waals surface area (Å²) in [6.07, 6.45) is 0. The highest BCUT2D eigenvalue weighted by molar-refractivity contribution is 9.10. The predicted octanol–water partition coefficient (Wildman–Crippen LogP) is 4.97. The molecule has 0 aromatic heterocycles. The minimum atomic E-state index is -0.262. The molecule has 1 unspecified atom stereocenters. The van der Waals surface area contributed by atoms with Crippen molar-refractivity contribution in [3.63, 3.8) is 0 Å². The molecule has 20 heavy (non-hydrogen) atoms. The fourth-order valence-electron chi connectivity index (χ4n) is 1.85. The van der Waals surface area contributed by atoms with Gasteiger partial charge in [-0.2, -0.15) is 0 Å². The van der Waals surface area contributed by atoms with Crippen LogP contribution in [0.1, 0.15) is 24.1 Å². The number of ether oxygens (including phenoxy) is 1. The van der Waals surface area contributed by atoms with Gasteiger partial charge in [0.15, 0.2) is 0 Å². The Kier molecular flexibility index (Phi) is 4.78. The maximum atomic E-state index is 13.5. The van der Waals surface area contributed by atoms with E-state index < -0.39 is 0 Å². The monoisotopic (exact) mass is 337 g/mol. The third-order valence-electron chi connectivity index (χ3n) is 3.25. The van der Waals surface area contributed by atoms with Gasteiger partial charge in [-0.1, -0.05) is 28.1 Å². The molecule has 0 aliphatic carbocycles. The van der Waals surface area contributed by atoms with Crippen LogP contribution >= 0.6 is 15.9 Å². The molecule has 2 nitrogen and oxygen atoms in total. The van der Waals surface area contributed by atoms with Gasteiger partial charge in [0.2, 0.25) is 0 Å². The first-order valence-electron chi connectivity index (χ1n) is 6.42. The lowest BCUT2D eigenvalue weighted by Crippen LogP contribution is -2.12. The Bertz CT molecular complexity index is 615. The van der Waals surface area contributed by atoms with Crippen LogP contribution in [0.5, 0.6) is 11.5 Å². The van der Waals surface area contributed by atoms with Gasteiger partial charge in [-0.05, 0) is 50.2 Å². The van der Waals surface area contributed by atoms with Crippen LogP contribution in [0.4, 0.5) is 4.39 Å². The Morgan fingerprint density at radius 2 is 1.80 bits per heavy atom. The summed E-state index contributed by atoms with van der Waals surface area (Å²) in [5, 5.41) is 3.18. The smallest absolute Gasteiger partial charge is 0.130 e. The van der Waals surface area contributed by atoms with Crippen molar-refractivity contribution >= 4 is 15.9 Å². The zero-order chi connectivity index (χ0) is 14.7. The summed E-state index contributed by atoms with van der Waals surface area (Å²) in [5.74, 6) is 0.906. The summed E-state index contributed by atoms with van der Waals surface area (Å²) >= 11 is 3.53. The molecular weight excluding hydrogens is 321 g/mol. The molecule has 0 aliphatic heterocycles. The predicted molar refractivity (Wildman–Crippen MR) is 82.8 cm³/mol. The zero-order valence-corrected chi connectivity index (χ0v) is 13.3. The molecule has 0 bridgehead atoms. The van der Waals surface area contributed by atoms with E-state index in [4.69, 9.17) is 4.74 Å². The van der Waals surface area contributed by atoms with E-state index in [0.717, 1.165) is 10.0 Å². The Balaban J connectivity index is 2.22. The fourth-order valence-corrected chi connectivity index (χ4v) is 2.55. The SMILES string of the molecule is CNC(C)c1ccc(Oc2ccc(C)c(F)c2)cc1Br. The lowest BCUT2D eigenvalue weighted by molar-refractivity contribution is 0.475. The third kappa shape index (κ3) is 3.38. The largest absolute Gasteiger partial charge is 0.457 e. The van der Waals surface area contributed by atoms with E-state index in [1.807, 2.05) is 25.2 Å². The Morgan fingerprint density at radius 3 is 2.40 bits per heavy atom. The van der Waals surface area contributed by atoms with Crippen LogP contribution in [0, 0.1) is 12.7 Å². The molecule has 0 spiro atoms. The molecule has 0 radical (unpaired) electrons. The van der Waals surface area contributed by atoms with Gasteiger partial charge in [-0.3, -0.25) is 0 Å². The lowest BCUT2D eigenvalue weighted by Gasteiger charge is -2.14. The molecule has 0 heterocycles. The fraction of sp³-hybridized carbons (Fsp3) is 0.250. The Labute approximate surface area is 127 Å². The molecule has 106 valence electrons. The van der Waals surface area contributed by atoms with Crippen LogP contribution in [-0.2, 0) is 0 Å². The molecule has 0 saturated carbocycles. The van der Waals surface area contributed by atoms with Gasteiger partial charge >= 0.3 is 0 Å². The van der Waals surface area contributed by atoms with E-state index in [-0.39, 0.29) is 11.9 Å². The molecule has 0 saturated heterocycles. The summed E-state index contributed by atoms with van der Waals surface area (Å²) in [7, 11) is 1.91. The lowest BCUT2D eigenvalue weighted by atomic mass is 10.1. The molecule has 1 atom stereocenters. The quantitative estimate of drug-likeness (QED) is 0.850. The van der Waals surface area contributed by atoms with Crippen LogP contribution in [0.3, 0.4) is 0 Å².